The molecule has 6 heteroatoms. The molecular weight excluding hydrogens is 304 g/mol. The van der Waals surface area contributed by atoms with Crippen molar-refractivity contribution in [3.05, 3.63) is 30.3 Å². The van der Waals surface area contributed by atoms with Gasteiger partial charge in [-0.3, -0.25) is 9.59 Å². The van der Waals surface area contributed by atoms with Gasteiger partial charge in [-0.2, -0.15) is 0 Å². The molecule has 130 valence electrons. The number of amides is 2. The highest BCUT2D eigenvalue weighted by atomic mass is 16.2. The highest BCUT2D eigenvalue weighted by Gasteiger charge is 2.24. The standard InChI is InChI=1S/C18H26N4O2/c23-17(14-20-18(24)16-8-4-5-9-19-16)22-12-10-21(11-13-22)15-6-2-1-3-7-15/h1-3,6-7,16,19H,4-5,8-14H2,(H,20,24)/t16-/m1/s1. The van der Waals surface area contributed by atoms with E-state index >= 15 is 0 Å². The van der Waals surface area contributed by atoms with Gasteiger partial charge in [0.15, 0.2) is 0 Å². The van der Waals surface area contributed by atoms with Gasteiger partial charge in [-0.25, -0.2) is 0 Å². The number of anilines is 1. The molecule has 2 aliphatic heterocycles. The van der Waals surface area contributed by atoms with Crippen LogP contribution in [0.15, 0.2) is 30.3 Å². The fourth-order valence-corrected chi connectivity index (χ4v) is 3.33. The van der Waals surface area contributed by atoms with E-state index in [-0.39, 0.29) is 24.4 Å². The topological polar surface area (TPSA) is 64.7 Å². The zero-order chi connectivity index (χ0) is 16.8. The summed E-state index contributed by atoms with van der Waals surface area (Å²) >= 11 is 0. The molecule has 2 saturated heterocycles. The molecule has 2 amide bonds. The Balaban J connectivity index is 1.41. The van der Waals surface area contributed by atoms with E-state index in [2.05, 4.69) is 27.7 Å². The van der Waals surface area contributed by atoms with Crippen LogP contribution < -0.4 is 15.5 Å². The summed E-state index contributed by atoms with van der Waals surface area (Å²) in [5, 5.41) is 5.99. The minimum atomic E-state index is -0.138. The summed E-state index contributed by atoms with van der Waals surface area (Å²) in [6, 6.07) is 10.1. The van der Waals surface area contributed by atoms with Crippen molar-refractivity contribution >= 4 is 17.5 Å². The zero-order valence-corrected chi connectivity index (χ0v) is 14.0. The molecule has 0 saturated carbocycles. The third kappa shape index (κ3) is 4.26. The first-order valence-electron chi connectivity index (χ1n) is 8.83. The highest BCUT2D eigenvalue weighted by molar-refractivity contribution is 5.87. The van der Waals surface area contributed by atoms with E-state index in [1.165, 1.54) is 5.69 Å². The predicted octanol–water partition coefficient (Wildman–Crippen LogP) is 0.593. The van der Waals surface area contributed by atoms with E-state index in [1.807, 2.05) is 23.1 Å². The van der Waals surface area contributed by atoms with E-state index in [1.54, 1.807) is 0 Å². The maximum atomic E-state index is 12.3. The van der Waals surface area contributed by atoms with Crippen molar-refractivity contribution in [2.45, 2.75) is 25.3 Å². The highest BCUT2D eigenvalue weighted by Crippen LogP contribution is 2.15. The lowest BCUT2D eigenvalue weighted by Gasteiger charge is -2.36. The van der Waals surface area contributed by atoms with Gasteiger partial charge >= 0.3 is 0 Å². The van der Waals surface area contributed by atoms with Crippen molar-refractivity contribution in [2.75, 3.05) is 44.2 Å². The van der Waals surface area contributed by atoms with Crippen LogP contribution in [0.25, 0.3) is 0 Å². The maximum Gasteiger partial charge on any atom is 0.242 e. The molecule has 0 unspecified atom stereocenters. The molecule has 1 atom stereocenters. The van der Waals surface area contributed by atoms with Crippen LogP contribution in [0.4, 0.5) is 5.69 Å². The Labute approximate surface area is 143 Å². The molecule has 2 aliphatic rings. The average Bonchev–Trinajstić information content (AvgIpc) is 2.67. The minimum absolute atomic E-state index is 0.00636. The first-order chi connectivity index (χ1) is 11.7. The first kappa shape index (κ1) is 16.8. The number of hydrogen-bond acceptors (Lipinski definition) is 4. The Hall–Kier alpha value is -2.08. The fraction of sp³-hybridized carbons (Fsp3) is 0.556. The number of carbonyl (C=O) groups excluding carboxylic acids is 2. The van der Waals surface area contributed by atoms with Crippen molar-refractivity contribution < 1.29 is 9.59 Å². The second kappa shape index (κ2) is 8.15. The summed E-state index contributed by atoms with van der Waals surface area (Å²) in [7, 11) is 0. The normalized spacial score (nSPS) is 21.4. The van der Waals surface area contributed by atoms with Crippen LogP contribution in [0.5, 0.6) is 0 Å². The lowest BCUT2D eigenvalue weighted by atomic mass is 10.0. The lowest BCUT2D eigenvalue weighted by Crippen LogP contribution is -2.53. The number of nitrogens with zero attached hydrogens (tertiary/aromatic N) is 2. The quantitative estimate of drug-likeness (QED) is 0.848. The van der Waals surface area contributed by atoms with Crippen LogP contribution in [0, 0.1) is 0 Å². The molecule has 1 aromatic rings. The number of nitrogens with one attached hydrogen (secondary N) is 2. The van der Waals surface area contributed by atoms with Crippen molar-refractivity contribution in [2.24, 2.45) is 0 Å². The summed E-state index contributed by atoms with van der Waals surface area (Å²) < 4.78 is 0. The molecule has 24 heavy (non-hydrogen) atoms. The minimum Gasteiger partial charge on any atom is -0.368 e. The Morgan fingerprint density at radius 2 is 1.83 bits per heavy atom. The third-order valence-corrected chi connectivity index (χ3v) is 4.79. The van der Waals surface area contributed by atoms with Gasteiger partial charge in [-0.15, -0.1) is 0 Å². The second-order valence-corrected chi connectivity index (χ2v) is 6.42. The van der Waals surface area contributed by atoms with Crippen molar-refractivity contribution in [1.29, 1.82) is 0 Å². The smallest absolute Gasteiger partial charge is 0.242 e. The predicted molar refractivity (Wildman–Crippen MR) is 93.9 cm³/mol. The van der Waals surface area contributed by atoms with Gasteiger partial charge in [0.05, 0.1) is 12.6 Å². The molecule has 1 aromatic carbocycles. The number of rotatable bonds is 4. The number of para-hydroxylation sites is 1. The molecule has 2 N–H and O–H groups in total. The molecule has 0 spiro atoms. The van der Waals surface area contributed by atoms with E-state index in [9.17, 15) is 9.59 Å². The van der Waals surface area contributed by atoms with E-state index < -0.39 is 0 Å². The second-order valence-electron chi connectivity index (χ2n) is 6.42. The van der Waals surface area contributed by atoms with E-state index in [4.69, 9.17) is 0 Å². The summed E-state index contributed by atoms with van der Waals surface area (Å²) in [5.74, 6) is -0.0437. The first-order valence-corrected chi connectivity index (χ1v) is 8.83. The van der Waals surface area contributed by atoms with Crippen molar-refractivity contribution in [3.63, 3.8) is 0 Å². The Kier molecular flexibility index (Phi) is 5.69. The number of piperidine rings is 1. The Morgan fingerprint density at radius 1 is 1.08 bits per heavy atom. The van der Waals surface area contributed by atoms with Gasteiger partial charge in [0.1, 0.15) is 0 Å². The molecule has 6 nitrogen and oxygen atoms in total. The van der Waals surface area contributed by atoms with Crippen LogP contribution in [-0.2, 0) is 9.59 Å². The molecule has 0 radical (unpaired) electrons. The fourth-order valence-electron chi connectivity index (χ4n) is 3.33. The monoisotopic (exact) mass is 330 g/mol. The summed E-state index contributed by atoms with van der Waals surface area (Å²) in [6.45, 7) is 4.04. The van der Waals surface area contributed by atoms with Crippen LogP contribution in [0.3, 0.4) is 0 Å². The molecule has 3 rings (SSSR count). The molecule has 2 fully saturated rings. The summed E-state index contributed by atoms with van der Waals surface area (Å²) in [4.78, 5) is 28.5. The van der Waals surface area contributed by atoms with Crippen molar-refractivity contribution in [3.8, 4) is 0 Å². The van der Waals surface area contributed by atoms with E-state index in [0.717, 1.165) is 38.9 Å². The van der Waals surface area contributed by atoms with Gasteiger partial charge in [-0.05, 0) is 31.5 Å². The van der Waals surface area contributed by atoms with E-state index in [0.29, 0.717) is 13.1 Å². The number of piperazine rings is 1. The summed E-state index contributed by atoms with van der Waals surface area (Å²) in [5.41, 5.74) is 1.20. The largest absolute Gasteiger partial charge is 0.368 e. The summed E-state index contributed by atoms with van der Waals surface area (Å²) in [6.07, 6.45) is 3.05. The average molecular weight is 330 g/mol. The number of benzene rings is 1. The zero-order valence-electron chi connectivity index (χ0n) is 14.0. The van der Waals surface area contributed by atoms with Gasteiger partial charge in [0.2, 0.25) is 11.8 Å². The maximum absolute atomic E-state index is 12.3. The van der Waals surface area contributed by atoms with Crippen LogP contribution >= 0.6 is 0 Å². The number of hydrogen-bond donors (Lipinski definition) is 2. The van der Waals surface area contributed by atoms with Crippen LogP contribution in [0.2, 0.25) is 0 Å². The van der Waals surface area contributed by atoms with Crippen LogP contribution in [-0.4, -0.2) is 62.0 Å². The van der Waals surface area contributed by atoms with Gasteiger partial charge in [-0.1, -0.05) is 24.6 Å². The SMILES string of the molecule is O=C(NCC(=O)N1CCN(c2ccccc2)CC1)[C@H]1CCCCN1. The van der Waals surface area contributed by atoms with Crippen LogP contribution in [0.1, 0.15) is 19.3 Å². The molecule has 2 heterocycles. The lowest BCUT2D eigenvalue weighted by molar-refractivity contribution is -0.133. The molecule has 0 aromatic heterocycles. The molecule has 0 aliphatic carbocycles. The molecule has 0 bridgehead atoms. The Bertz CT molecular complexity index is 549. The van der Waals surface area contributed by atoms with Gasteiger partial charge in [0, 0.05) is 31.9 Å². The third-order valence-electron chi connectivity index (χ3n) is 4.79. The number of carbonyl (C=O) groups is 2. The Morgan fingerprint density at radius 3 is 2.50 bits per heavy atom. The van der Waals surface area contributed by atoms with Gasteiger partial charge in [0.25, 0.3) is 0 Å². The molecular formula is C18H26N4O2. The van der Waals surface area contributed by atoms with Gasteiger partial charge < -0.3 is 20.4 Å². The van der Waals surface area contributed by atoms with Crippen molar-refractivity contribution in [1.82, 2.24) is 15.5 Å².